The minimum absolute atomic E-state index is 0.192. The Morgan fingerprint density at radius 1 is 1.22 bits per heavy atom. The highest BCUT2D eigenvalue weighted by atomic mass is 19.3. The number of hydrogen-bond donors (Lipinski definition) is 2. The molecule has 0 spiro atoms. The van der Waals surface area contributed by atoms with Gasteiger partial charge in [-0.15, -0.1) is 0 Å². The van der Waals surface area contributed by atoms with Gasteiger partial charge in [0.1, 0.15) is 16.9 Å². The minimum atomic E-state index is -2.71. The lowest BCUT2D eigenvalue weighted by Gasteiger charge is -2.17. The maximum Gasteiger partial charge on any atom is 0.333 e. The largest absolute Gasteiger partial charge is 0.339 e. The van der Waals surface area contributed by atoms with Crippen LogP contribution in [-0.2, 0) is 0 Å². The summed E-state index contributed by atoms with van der Waals surface area (Å²) in [7, 11) is 0. The number of carbonyl (C=O) groups excluding carboxylic acids is 1. The summed E-state index contributed by atoms with van der Waals surface area (Å²) in [6.45, 7) is 2.34. The second kappa shape index (κ2) is 7.85. The highest BCUT2D eigenvalue weighted by molar-refractivity contribution is 5.94. The van der Waals surface area contributed by atoms with Crippen LogP contribution in [0.2, 0.25) is 0 Å². The van der Waals surface area contributed by atoms with E-state index in [9.17, 15) is 13.6 Å². The van der Waals surface area contributed by atoms with Crippen LogP contribution in [0.25, 0.3) is 33.5 Å². The van der Waals surface area contributed by atoms with Crippen molar-refractivity contribution in [3.63, 3.8) is 0 Å². The molecule has 1 amide bonds. The van der Waals surface area contributed by atoms with E-state index in [0.29, 0.717) is 32.8 Å². The zero-order valence-corrected chi connectivity index (χ0v) is 17.5. The van der Waals surface area contributed by atoms with E-state index in [0.717, 1.165) is 10.9 Å². The van der Waals surface area contributed by atoms with E-state index in [4.69, 9.17) is 5.26 Å². The number of amides is 1. The Kier molecular flexibility index (Phi) is 5.18. The molecule has 4 heterocycles. The lowest BCUT2D eigenvalue weighted by atomic mass is 10.1. The average Bonchev–Trinajstić information content (AvgIpc) is 3.39. The van der Waals surface area contributed by atoms with Gasteiger partial charge in [-0.1, -0.05) is 0 Å². The van der Waals surface area contributed by atoms with Crippen molar-refractivity contribution in [1.82, 2.24) is 30.0 Å². The normalized spacial score (nSPS) is 11.7. The van der Waals surface area contributed by atoms with Crippen LogP contribution in [0.4, 0.5) is 8.78 Å². The van der Waals surface area contributed by atoms with Crippen molar-refractivity contribution in [2.45, 2.75) is 32.9 Å². The second-order valence-electron chi connectivity index (χ2n) is 7.94. The third-order valence-electron chi connectivity index (χ3n) is 4.79. The van der Waals surface area contributed by atoms with Crippen LogP contribution >= 0.6 is 0 Å². The van der Waals surface area contributed by atoms with Crippen molar-refractivity contribution >= 4 is 16.9 Å². The number of fused-ring (bicyclic) bond motifs is 1. The third-order valence-corrected chi connectivity index (χ3v) is 4.79. The van der Waals surface area contributed by atoms with E-state index in [-0.39, 0.29) is 5.69 Å². The Morgan fingerprint density at radius 3 is 2.69 bits per heavy atom. The van der Waals surface area contributed by atoms with Gasteiger partial charge in [-0.2, -0.15) is 19.1 Å². The lowest BCUT2D eigenvalue weighted by Crippen LogP contribution is -2.42. The molecule has 0 fully saturated rings. The Morgan fingerprint density at radius 2 is 2.00 bits per heavy atom. The zero-order chi connectivity index (χ0) is 23.0. The monoisotopic (exact) mass is 435 g/mol. The van der Waals surface area contributed by atoms with E-state index in [2.05, 4.69) is 25.4 Å². The van der Waals surface area contributed by atoms with Crippen LogP contribution in [0.1, 0.15) is 36.4 Å². The number of nitrogens with zero attached hydrogens (tertiary/aromatic N) is 5. The maximum absolute atomic E-state index is 12.8. The van der Waals surface area contributed by atoms with Gasteiger partial charge >= 0.3 is 6.55 Å². The van der Waals surface area contributed by atoms with Gasteiger partial charge in [-0.25, -0.2) is 14.6 Å². The molecule has 0 saturated carbocycles. The van der Waals surface area contributed by atoms with Crippen LogP contribution in [0.15, 0.2) is 42.9 Å². The molecule has 32 heavy (non-hydrogen) atoms. The summed E-state index contributed by atoms with van der Waals surface area (Å²) in [5.74, 6) is -0.449. The number of carbonyl (C=O) groups is 1. The van der Waals surface area contributed by atoms with Crippen LogP contribution in [-0.4, -0.2) is 36.2 Å². The van der Waals surface area contributed by atoms with Crippen molar-refractivity contribution in [2.24, 2.45) is 0 Å². The number of aromatic nitrogens is 5. The van der Waals surface area contributed by atoms with E-state index in [1.165, 1.54) is 12.4 Å². The minimum Gasteiger partial charge on any atom is -0.339 e. The first-order valence-electron chi connectivity index (χ1n) is 9.69. The first-order valence-corrected chi connectivity index (χ1v) is 9.69. The van der Waals surface area contributed by atoms with Crippen LogP contribution in [0, 0.1) is 18.3 Å². The molecule has 0 unspecified atom stereocenters. The molecule has 4 aromatic heterocycles. The predicted octanol–water partition coefficient (Wildman–Crippen LogP) is 4.22. The van der Waals surface area contributed by atoms with Crippen molar-refractivity contribution in [2.75, 3.05) is 0 Å². The number of hydrogen-bond acceptors (Lipinski definition) is 5. The third kappa shape index (κ3) is 4.18. The number of halogens is 2. The Hall–Kier alpha value is -4.13. The Labute approximate surface area is 181 Å². The number of nitriles is 1. The molecule has 10 heteroatoms. The quantitative estimate of drug-likeness (QED) is 0.487. The molecule has 0 bridgehead atoms. The van der Waals surface area contributed by atoms with Crippen molar-refractivity contribution in [1.29, 1.82) is 5.26 Å². The zero-order valence-electron chi connectivity index (χ0n) is 17.5. The molecule has 0 aromatic carbocycles. The number of rotatable bonds is 5. The molecule has 0 aliphatic carbocycles. The number of pyridine rings is 2. The topological polar surface area (TPSA) is 112 Å². The van der Waals surface area contributed by atoms with Crippen LogP contribution in [0.3, 0.4) is 0 Å². The van der Waals surface area contributed by atoms with Gasteiger partial charge < -0.3 is 10.3 Å². The van der Waals surface area contributed by atoms with Crippen LogP contribution in [0.5, 0.6) is 0 Å². The molecular formula is C22H19F2N7O. The standard InChI is InChI=1S/C22H19F2N7O/c1-12-4-16(28-18(5-12)20(32)30-22(2,3)11-25)14-6-13-7-17(29-19(13)26-8-14)15-9-27-31(10-15)21(23)24/h4-10,21H,1-3H3,(H,26,29)(H,30,32). The number of H-pyrrole nitrogens is 1. The number of aromatic amines is 1. The fourth-order valence-electron chi connectivity index (χ4n) is 3.20. The van der Waals surface area contributed by atoms with Gasteiger partial charge in [0.15, 0.2) is 0 Å². The fraction of sp³-hybridized carbons (Fsp3) is 0.227. The smallest absolute Gasteiger partial charge is 0.333 e. The molecular weight excluding hydrogens is 416 g/mol. The molecule has 162 valence electrons. The molecule has 4 rings (SSSR count). The summed E-state index contributed by atoms with van der Waals surface area (Å²) >= 11 is 0. The van der Waals surface area contributed by atoms with Crippen LogP contribution < -0.4 is 5.32 Å². The molecule has 0 aliphatic rings. The predicted molar refractivity (Wildman–Crippen MR) is 114 cm³/mol. The van der Waals surface area contributed by atoms with Gasteiger partial charge in [-0.3, -0.25) is 4.79 Å². The molecule has 8 nitrogen and oxygen atoms in total. The summed E-state index contributed by atoms with van der Waals surface area (Å²) in [6, 6.07) is 9.14. The first-order chi connectivity index (χ1) is 15.1. The SMILES string of the molecule is Cc1cc(C(=O)NC(C)(C)C#N)nc(-c2cnc3[nH]c(-c4cnn(C(F)F)c4)cc3c2)c1. The summed E-state index contributed by atoms with van der Waals surface area (Å²) in [6.07, 6.45) is 4.23. The number of aryl methyl sites for hydroxylation is 1. The summed E-state index contributed by atoms with van der Waals surface area (Å²) < 4.78 is 26.2. The first kappa shape index (κ1) is 21.1. The van der Waals surface area contributed by atoms with Gasteiger partial charge in [0.2, 0.25) is 0 Å². The summed E-state index contributed by atoms with van der Waals surface area (Å²) in [5, 5.41) is 16.2. The van der Waals surface area contributed by atoms with Gasteiger partial charge in [0, 0.05) is 28.9 Å². The molecule has 4 aromatic rings. The Bertz CT molecular complexity index is 1360. The van der Waals surface area contributed by atoms with E-state index in [1.807, 2.05) is 25.1 Å². The van der Waals surface area contributed by atoms with Crippen molar-refractivity contribution in [3.8, 4) is 28.6 Å². The molecule has 0 aliphatic heterocycles. The molecule has 0 radical (unpaired) electrons. The van der Waals surface area contributed by atoms with Crippen molar-refractivity contribution in [3.05, 3.63) is 54.1 Å². The molecule has 0 atom stereocenters. The van der Waals surface area contributed by atoms with Gasteiger partial charge in [0.25, 0.3) is 5.91 Å². The fourth-order valence-corrected chi connectivity index (χ4v) is 3.20. The van der Waals surface area contributed by atoms with Crippen molar-refractivity contribution < 1.29 is 13.6 Å². The maximum atomic E-state index is 12.8. The number of nitrogens with one attached hydrogen (secondary N) is 2. The van der Waals surface area contributed by atoms with Gasteiger partial charge in [-0.05, 0) is 50.6 Å². The summed E-state index contributed by atoms with van der Waals surface area (Å²) in [5.41, 5.74) is 2.92. The molecule has 2 N–H and O–H groups in total. The summed E-state index contributed by atoms with van der Waals surface area (Å²) in [4.78, 5) is 24.5. The van der Waals surface area contributed by atoms with E-state index < -0.39 is 18.0 Å². The highest BCUT2D eigenvalue weighted by Crippen LogP contribution is 2.27. The number of alkyl halides is 2. The molecule has 0 saturated heterocycles. The Balaban J connectivity index is 1.68. The highest BCUT2D eigenvalue weighted by Gasteiger charge is 2.22. The van der Waals surface area contributed by atoms with E-state index >= 15 is 0 Å². The second-order valence-corrected chi connectivity index (χ2v) is 7.94. The van der Waals surface area contributed by atoms with Gasteiger partial charge in [0.05, 0.1) is 23.7 Å². The lowest BCUT2D eigenvalue weighted by molar-refractivity contribution is 0.0566. The average molecular weight is 435 g/mol. The van der Waals surface area contributed by atoms with E-state index in [1.54, 1.807) is 32.2 Å².